The number of halogens is 1. The van der Waals surface area contributed by atoms with E-state index in [0.717, 1.165) is 26.8 Å². The van der Waals surface area contributed by atoms with Gasteiger partial charge in [0.1, 0.15) is 0 Å². The van der Waals surface area contributed by atoms with Gasteiger partial charge in [0.15, 0.2) is 0 Å². The van der Waals surface area contributed by atoms with Crippen LogP contribution in [0.2, 0.25) is 0 Å². The summed E-state index contributed by atoms with van der Waals surface area (Å²) in [6.45, 7) is 1.99. The number of hydrogen-bond acceptors (Lipinski definition) is 2. The molecule has 3 rings (SSSR count). The van der Waals surface area contributed by atoms with E-state index in [0.29, 0.717) is 0 Å². The lowest BCUT2D eigenvalue weighted by molar-refractivity contribution is 0.884. The van der Waals surface area contributed by atoms with Gasteiger partial charge in [-0.05, 0) is 37.3 Å². The highest BCUT2D eigenvalue weighted by molar-refractivity contribution is 9.10. The van der Waals surface area contributed by atoms with Gasteiger partial charge in [0.05, 0.1) is 11.2 Å². The Kier molecular flexibility index (Phi) is 2.44. The van der Waals surface area contributed by atoms with E-state index < -0.39 is 0 Å². The van der Waals surface area contributed by atoms with Crippen LogP contribution in [0.5, 0.6) is 0 Å². The third kappa shape index (κ3) is 1.85. The monoisotopic (exact) mass is 287 g/mol. The quantitative estimate of drug-likeness (QED) is 0.686. The summed E-state index contributed by atoms with van der Waals surface area (Å²) in [5, 5.41) is 5.37. The van der Waals surface area contributed by atoms with E-state index in [4.69, 9.17) is 0 Å². The number of hydrogen-bond donors (Lipinski definition) is 0. The van der Waals surface area contributed by atoms with Gasteiger partial charge in [-0.1, -0.05) is 15.9 Å². The molecule has 0 saturated heterocycles. The third-order valence-electron chi connectivity index (χ3n) is 2.63. The van der Waals surface area contributed by atoms with Crippen LogP contribution in [0.15, 0.2) is 47.2 Å². The van der Waals surface area contributed by atoms with E-state index in [1.165, 1.54) is 0 Å². The van der Waals surface area contributed by atoms with Crippen LogP contribution in [-0.2, 0) is 0 Å². The van der Waals surface area contributed by atoms with Crippen molar-refractivity contribution >= 4 is 26.8 Å². The second-order valence-corrected chi connectivity index (χ2v) is 4.81. The highest BCUT2D eigenvalue weighted by Crippen LogP contribution is 2.24. The van der Waals surface area contributed by atoms with Crippen LogP contribution in [0.4, 0.5) is 0 Å². The van der Waals surface area contributed by atoms with E-state index in [1.807, 2.05) is 42.1 Å². The van der Waals surface area contributed by atoms with Gasteiger partial charge < -0.3 is 0 Å². The average Bonchev–Trinajstić information content (AvgIpc) is 2.82. The van der Waals surface area contributed by atoms with E-state index >= 15 is 0 Å². The molecule has 1 aromatic carbocycles. The Morgan fingerprint density at radius 2 is 2.12 bits per heavy atom. The SMILES string of the molecule is Cc1cc(-n2cccn2)c2cc(Br)ccc2n1. The molecule has 0 aliphatic carbocycles. The molecule has 0 unspecified atom stereocenters. The second-order valence-electron chi connectivity index (χ2n) is 3.89. The lowest BCUT2D eigenvalue weighted by atomic mass is 10.1. The molecule has 0 atom stereocenters. The Balaban J connectivity index is 2.39. The van der Waals surface area contributed by atoms with Crippen molar-refractivity contribution in [1.82, 2.24) is 14.8 Å². The fourth-order valence-corrected chi connectivity index (χ4v) is 2.27. The molecule has 0 bridgehead atoms. The first-order valence-electron chi connectivity index (χ1n) is 5.31. The van der Waals surface area contributed by atoms with Crippen molar-refractivity contribution in [3.63, 3.8) is 0 Å². The molecule has 2 heterocycles. The molecule has 0 aliphatic rings. The number of pyridine rings is 1. The zero-order valence-electron chi connectivity index (χ0n) is 9.26. The van der Waals surface area contributed by atoms with E-state index in [2.05, 4.69) is 32.1 Å². The van der Waals surface area contributed by atoms with Crippen LogP contribution in [0.25, 0.3) is 16.6 Å². The zero-order valence-corrected chi connectivity index (χ0v) is 10.8. The minimum Gasteiger partial charge on any atom is -0.253 e. The maximum atomic E-state index is 4.53. The predicted octanol–water partition coefficient (Wildman–Crippen LogP) is 3.49. The molecular weight excluding hydrogens is 278 g/mol. The minimum atomic E-state index is 0.985. The number of rotatable bonds is 1. The Morgan fingerprint density at radius 3 is 2.88 bits per heavy atom. The summed E-state index contributed by atoms with van der Waals surface area (Å²) in [5.41, 5.74) is 3.03. The van der Waals surface area contributed by atoms with E-state index in [9.17, 15) is 0 Å². The smallest absolute Gasteiger partial charge is 0.0757 e. The van der Waals surface area contributed by atoms with Crippen molar-refractivity contribution in [1.29, 1.82) is 0 Å². The first kappa shape index (κ1) is 10.5. The predicted molar refractivity (Wildman–Crippen MR) is 71.3 cm³/mol. The fourth-order valence-electron chi connectivity index (χ4n) is 1.91. The highest BCUT2D eigenvalue weighted by atomic mass is 79.9. The van der Waals surface area contributed by atoms with Gasteiger partial charge in [0.25, 0.3) is 0 Å². The number of aryl methyl sites for hydroxylation is 1. The Bertz CT molecular complexity index is 674. The molecule has 4 heteroatoms. The van der Waals surface area contributed by atoms with Crippen molar-refractivity contribution in [2.45, 2.75) is 6.92 Å². The first-order chi connectivity index (χ1) is 8.24. The average molecular weight is 288 g/mol. The largest absolute Gasteiger partial charge is 0.253 e. The second kappa shape index (κ2) is 3.96. The highest BCUT2D eigenvalue weighted by Gasteiger charge is 2.06. The molecule has 0 saturated carbocycles. The normalized spacial score (nSPS) is 10.9. The van der Waals surface area contributed by atoms with Gasteiger partial charge in [0, 0.05) is 27.9 Å². The summed E-state index contributed by atoms with van der Waals surface area (Å²) < 4.78 is 2.91. The molecule has 3 nitrogen and oxygen atoms in total. The Morgan fingerprint density at radius 1 is 1.24 bits per heavy atom. The minimum absolute atomic E-state index is 0.985. The lowest BCUT2D eigenvalue weighted by Gasteiger charge is -2.08. The molecule has 17 heavy (non-hydrogen) atoms. The van der Waals surface area contributed by atoms with Crippen molar-refractivity contribution in [3.8, 4) is 5.69 Å². The standard InChI is InChI=1S/C13H10BrN3/c1-9-7-13(17-6-2-5-15-17)11-8-10(14)3-4-12(11)16-9/h2-8H,1H3. The summed E-state index contributed by atoms with van der Waals surface area (Å²) in [4.78, 5) is 4.53. The van der Waals surface area contributed by atoms with Crippen LogP contribution >= 0.6 is 15.9 Å². The van der Waals surface area contributed by atoms with Crippen LogP contribution in [0, 0.1) is 6.92 Å². The van der Waals surface area contributed by atoms with Gasteiger partial charge in [0.2, 0.25) is 0 Å². The fraction of sp³-hybridized carbons (Fsp3) is 0.0769. The Hall–Kier alpha value is -1.68. The van der Waals surface area contributed by atoms with Crippen molar-refractivity contribution in [2.24, 2.45) is 0 Å². The topological polar surface area (TPSA) is 30.7 Å². The molecular formula is C13H10BrN3. The van der Waals surface area contributed by atoms with Crippen LogP contribution in [0.3, 0.4) is 0 Å². The Labute approximate surface area is 107 Å². The molecule has 0 spiro atoms. The molecule has 3 aromatic rings. The van der Waals surface area contributed by atoms with E-state index in [-0.39, 0.29) is 0 Å². The summed E-state index contributed by atoms with van der Waals surface area (Å²) in [7, 11) is 0. The molecule has 2 aromatic heterocycles. The van der Waals surface area contributed by atoms with Gasteiger partial charge in [-0.25, -0.2) is 4.68 Å². The zero-order chi connectivity index (χ0) is 11.8. The number of fused-ring (bicyclic) bond motifs is 1. The van der Waals surface area contributed by atoms with Crippen molar-refractivity contribution in [3.05, 3.63) is 52.9 Å². The van der Waals surface area contributed by atoms with Crippen LogP contribution in [0.1, 0.15) is 5.69 Å². The molecule has 0 radical (unpaired) electrons. The van der Waals surface area contributed by atoms with Crippen LogP contribution in [-0.4, -0.2) is 14.8 Å². The maximum absolute atomic E-state index is 4.53. The molecule has 0 fully saturated rings. The number of nitrogens with zero attached hydrogens (tertiary/aromatic N) is 3. The van der Waals surface area contributed by atoms with Crippen LogP contribution < -0.4 is 0 Å². The van der Waals surface area contributed by atoms with Crippen molar-refractivity contribution in [2.75, 3.05) is 0 Å². The van der Waals surface area contributed by atoms with Gasteiger partial charge in [-0.3, -0.25) is 4.98 Å². The first-order valence-corrected chi connectivity index (χ1v) is 6.10. The third-order valence-corrected chi connectivity index (χ3v) is 3.12. The van der Waals surface area contributed by atoms with E-state index in [1.54, 1.807) is 6.20 Å². The molecule has 0 aliphatic heterocycles. The summed E-state index contributed by atoms with van der Waals surface area (Å²) in [6, 6.07) is 10.0. The maximum Gasteiger partial charge on any atom is 0.0757 e. The molecule has 0 N–H and O–H groups in total. The number of aromatic nitrogens is 3. The van der Waals surface area contributed by atoms with Gasteiger partial charge >= 0.3 is 0 Å². The van der Waals surface area contributed by atoms with Crippen molar-refractivity contribution < 1.29 is 0 Å². The molecule has 84 valence electrons. The lowest BCUT2D eigenvalue weighted by Crippen LogP contribution is -1.98. The summed E-state index contributed by atoms with van der Waals surface area (Å²) in [6.07, 6.45) is 3.72. The van der Waals surface area contributed by atoms with Gasteiger partial charge in [-0.2, -0.15) is 5.10 Å². The molecule has 0 amide bonds. The van der Waals surface area contributed by atoms with Gasteiger partial charge in [-0.15, -0.1) is 0 Å². The number of benzene rings is 1. The summed E-state index contributed by atoms with van der Waals surface area (Å²) in [5.74, 6) is 0. The summed E-state index contributed by atoms with van der Waals surface area (Å²) >= 11 is 3.49.